The van der Waals surface area contributed by atoms with E-state index in [1.165, 1.54) is 25.7 Å². The first-order valence-electron chi connectivity index (χ1n) is 14.6. The van der Waals surface area contributed by atoms with Gasteiger partial charge in [0.25, 0.3) is 0 Å². The predicted octanol–water partition coefficient (Wildman–Crippen LogP) is 6.53. The van der Waals surface area contributed by atoms with Crippen LogP contribution in [0.5, 0.6) is 0 Å². The Morgan fingerprint density at radius 2 is 1.46 bits per heavy atom. The third-order valence-electron chi connectivity index (χ3n) is 14.4. The number of hydrogen-bond acceptors (Lipinski definition) is 3. The van der Waals surface area contributed by atoms with Gasteiger partial charge in [-0.3, -0.25) is 0 Å². The first-order chi connectivity index (χ1) is 16.0. The van der Waals surface area contributed by atoms with E-state index in [1.807, 2.05) is 0 Å². The fourth-order valence-corrected chi connectivity index (χ4v) is 12.2. The van der Waals surface area contributed by atoms with Crippen molar-refractivity contribution in [3.8, 4) is 0 Å². The number of carboxylic acid groups (broad SMARTS) is 1. The van der Waals surface area contributed by atoms with Crippen molar-refractivity contribution in [3.63, 3.8) is 0 Å². The molecule has 200 valence electrons. The van der Waals surface area contributed by atoms with Gasteiger partial charge in [-0.2, -0.15) is 0 Å². The molecule has 0 aromatic rings. The maximum atomic E-state index is 12.8. The van der Waals surface area contributed by atoms with E-state index in [1.54, 1.807) is 0 Å². The summed E-state index contributed by atoms with van der Waals surface area (Å²) in [4.78, 5) is 12.8. The minimum absolute atomic E-state index is 0.0422. The first-order valence-corrected chi connectivity index (χ1v) is 14.6. The molecule has 5 fully saturated rings. The smallest absolute Gasteiger partial charge is 0.339 e. The molecule has 5 aliphatic rings. The van der Waals surface area contributed by atoms with Gasteiger partial charge >= 0.3 is 5.97 Å². The Balaban J connectivity index is 1.63. The van der Waals surface area contributed by atoms with Crippen molar-refractivity contribution in [1.29, 1.82) is 0 Å². The molecule has 0 saturated heterocycles. The molecular weight excluding hydrogens is 436 g/mol. The normalized spacial score (nSPS) is 59.4. The largest absolute Gasteiger partial charge is 0.479 e. The summed E-state index contributed by atoms with van der Waals surface area (Å²) < 4.78 is 0. The highest BCUT2D eigenvalue weighted by molar-refractivity contribution is 5.80. The summed E-state index contributed by atoms with van der Waals surface area (Å²) in [5.41, 5.74) is -2.64. The van der Waals surface area contributed by atoms with Gasteiger partial charge in [-0.25, -0.2) is 4.79 Å². The molecule has 5 aliphatic carbocycles. The van der Waals surface area contributed by atoms with Gasteiger partial charge in [-0.05, 0) is 115 Å². The molecule has 0 bridgehead atoms. The van der Waals surface area contributed by atoms with Crippen LogP contribution in [-0.4, -0.2) is 33.0 Å². The number of fused-ring (bicyclic) bond motifs is 7. The third kappa shape index (κ3) is 2.91. The zero-order valence-corrected chi connectivity index (χ0v) is 23.7. The number of aliphatic hydroxyl groups is 2. The Bertz CT molecular complexity index is 898. The number of hydrogen-bond donors (Lipinski definition) is 3. The summed E-state index contributed by atoms with van der Waals surface area (Å²) in [5, 5.41) is 33.7. The molecule has 4 heteroatoms. The number of aliphatic carboxylic acids is 1. The van der Waals surface area contributed by atoms with E-state index in [9.17, 15) is 20.1 Å². The van der Waals surface area contributed by atoms with Crippen molar-refractivity contribution in [2.45, 2.75) is 125 Å². The van der Waals surface area contributed by atoms with Crippen molar-refractivity contribution in [3.05, 3.63) is 0 Å². The minimum atomic E-state index is -2.10. The molecule has 0 radical (unpaired) electrons. The van der Waals surface area contributed by atoms with Crippen molar-refractivity contribution >= 4 is 5.97 Å². The fourth-order valence-electron chi connectivity index (χ4n) is 12.2. The van der Waals surface area contributed by atoms with E-state index in [-0.39, 0.29) is 28.1 Å². The summed E-state index contributed by atoms with van der Waals surface area (Å²) in [5.74, 6) is 1.80. The Kier molecular flexibility index (Phi) is 5.57. The first kappa shape index (κ1) is 26.0. The molecule has 0 aromatic carbocycles. The van der Waals surface area contributed by atoms with Gasteiger partial charge in [-0.15, -0.1) is 0 Å². The summed E-state index contributed by atoms with van der Waals surface area (Å²) in [6.07, 6.45) is 8.40. The number of carboxylic acids is 1. The average Bonchev–Trinajstić information content (AvgIpc) is 2.75. The van der Waals surface area contributed by atoms with Crippen LogP contribution in [0.25, 0.3) is 0 Å². The molecule has 35 heavy (non-hydrogen) atoms. The lowest BCUT2D eigenvalue weighted by atomic mass is 9.29. The maximum Gasteiger partial charge on any atom is 0.339 e. The predicted molar refractivity (Wildman–Crippen MR) is 139 cm³/mol. The van der Waals surface area contributed by atoms with Gasteiger partial charge in [0.15, 0.2) is 5.60 Å². The Labute approximate surface area is 213 Å². The van der Waals surface area contributed by atoms with E-state index in [4.69, 9.17) is 0 Å². The van der Waals surface area contributed by atoms with Crippen LogP contribution in [0.1, 0.15) is 113 Å². The summed E-state index contributed by atoms with van der Waals surface area (Å²) in [6.45, 7) is 19.0. The van der Waals surface area contributed by atoms with Crippen LogP contribution in [0.15, 0.2) is 0 Å². The van der Waals surface area contributed by atoms with Gasteiger partial charge in [0.2, 0.25) is 0 Å². The van der Waals surface area contributed by atoms with Crippen LogP contribution in [0.4, 0.5) is 0 Å². The SMILES string of the molecule is C[C@@H]1[C@H]2[C@H]3CC[C@@H]4[C@]5(C)[C@@H](CC[C@@]4(C)[C@]3(C)CC[C@@]2(C)CC[C@H]1C)C(C)(C)CC(O)C5(O)C(=O)O. The van der Waals surface area contributed by atoms with Crippen molar-refractivity contribution < 1.29 is 20.1 Å². The zero-order chi connectivity index (χ0) is 26.0. The van der Waals surface area contributed by atoms with Crippen LogP contribution in [0.3, 0.4) is 0 Å². The molecule has 4 nitrogen and oxygen atoms in total. The van der Waals surface area contributed by atoms with Crippen LogP contribution >= 0.6 is 0 Å². The summed E-state index contributed by atoms with van der Waals surface area (Å²) >= 11 is 0. The second-order valence-corrected chi connectivity index (χ2v) is 15.8. The van der Waals surface area contributed by atoms with E-state index in [2.05, 4.69) is 55.4 Å². The fraction of sp³-hybridized carbons (Fsp3) is 0.968. The second kappa shape index (κ2) is 7.49. The van der Waals surface area contributed by atoms with Gasteiger partial charge in [0, 0.05) is 5.41 Å². The Morgan fingerprint density at radius 3 is 2.09 bits per heavy atom. The molecule has 2 unspecified atom stereocenters. The molecule has 0 heterocycles. The van der Waals surface area contributed by atoms with E-state index in [0.717, 1.165) is 43.4 Å². The lowest BCUT2D eigenvalue weighted by Gasteiger charge is -2.75. The van der Waals surface area contributed by atoms with Crippen molar-refractivity contribution in [2.75, 3.05) is 0 Å². The van der Waals surface area contributed by atoms with Gasteiger partial charge in [0.1, 0.15) is 0 Å². The van der Waals surface area contributed by atoms with E-state index >= 15 is 0 Å². The Morgan fingerprint density at radius 1 is 0.800 bits per heavy atom. The quantitative estimate of drug-likeness (QED) is 0.392. The average molecular weight is 489 g/mol. The topological polar surface area (TPSA) is 77.8 Å². The molecule has 0 amide bonds. The number of carbonyl (C=O) groups is 1. The van der Waals surface area contributed by atoms with Gasteiger partial charge < -0.3 is 15.3 Å². The maximum absolute atomic E-state index is 12.8. The highest BCUT2D eigenvalue weighted by atomic mass is 16.4. The van der Waals surface area contributed by atoms with Crippen molar-refractivity contribution in [1.82, 2.24) is 0 Å². The molecule has 0 aliphatic heterocycles. The van der Waals surface area contributed by atoms with E-state index in [0.29, 0.717) is 17.8 Å². The van der Waals surface area contributed by atoms with Gasteiger partial charge in [-0.1, -0.05) is 55.4 Å². The van der Waals surface area contributed by atoms with Crippen LogP contribution in [-0.2, 0) is 4.79 Å². The zero-order valence-electron chi connectivity index (χ0n) is 23.7. The van der Waals surface area contributed by atoms with Gasteiger partial charge in [0.05, 0.1) is 6.10 Å². The highest BCUT2D eigenvalue weighted by Gasteiger charge is 2.76. The molecule has 5 saturated carbocycles. The van der Waals surface area contributed by atoms with E-state index < -0.39 is 23.1 Å². The standard InChI is InChI=1S/C31H52O4/c1-18-11-13-27(5)15-16-28(6)20(24(27)19(18)2)9-10-22-29(28,7)14-12-21-26(3,4)17-23(32)31(35,25(33)34)30(21,22)8/h18-24,32,35H,9-17H2,1-8H3,(H,33,34)/t18-,19+,20-,21+,22+,23?,24+,27-,28-,29-,30+,31?/m1/s1. The molecule has 3 N–H and O–H groups in total. The molecule has 12 atom stereocenters. The second-order valence-electron chi connectivity index (χ2n) is 15.8. The van der Waals surface area contributed by atoms with Crippen LogP contribution < -0.4 is 0 Å². The number of rotatable bonds is 1. The van der Waals surface area contributed by atoms with Crippen molar-refractivity contribution in [2.24, 2.45) is 62.6 Å². The molecular formula is C31H52O4. The lowest BCUT2D eigenvalue weighted by molar-refractivity contribution is -0.310. The highest BCUT2D eigenvalue weighted by Crippen LogP contribution is 2.78. The molecule has 0 aromatic heterocycles. The summed E-state index contributed by atoms with van der Waals surface area (Å²) in [6, 6.07) is 0. The Hall–Kier alpha value is -0.610. The number of aliphatic hydroxyl groups excluding tert-OH is 1. The molecule has 5 rings (SSSR count). The monoisotopic (exact) mass is 488 g/mol. The summed E-state index contributed by atoms with van der Waals surface area (Å²) in [7, 11) is 0. The molecule has 0 spiro atoms. The lowest BCUT2D eigenvalue weighted by Crippen LogP contribution is -2.76. The third-order valence-corrected chi connectivity index (χ3v) is 14.4. The van der Waals surface area contributed by atoms with Crippen LogP contribution in [0.2, 0.25) is 0 Å². The minimum Gasteiger partial charge on any atom is -0.479 e. The van der Waals surface area contributed by atoms with Crippen LogP contribution in [0, 0.1) is 62.6 Å².